The SMILES string of the molecule is O=C(NCCCn1cccn1)c1cnc(-c2ccccc2)nc1. The molecule has 2 heterocycles. The van der Waals surface area contributed by atoms with Gasteiger partial charge in [0.2, 0.25) is 0 Å². The summed E-state index contributed by atoms with van der Waals surface area (Å²) in [5.41, 5.74) is 1.39. The summed E-state index contributed by atoms with van der Waals surface area (Å²) in [5.74, 6) is 0.450. The lowest BCUT2D eigenvalue weighted by atomic mass is 10.2. The predicted octanol–water partition coefficient (Wildman–Crippen LogP) is 2.16. The van der Waals surface area contributed by atoms with E-state index in [1.807, 2.05) is 47.3 Å². The molecule has 2 aromatic heterocycles. The number of carbonyl (C=O) groups is 1. The van der Waals surface area contributed by atoms with Gasteiger partial charge in [0.25, 0.3) is 5.91 Å². The largest absolute Gasteiger partial charge is 0.352 e. The molecule has 0 unspecified atom stereocenters. The number of aromatic nitrogens is 4. The van der Waals surface area contributed by atoms with Crippen LogP contribution in [0, 0.1) is 0 Å². The number of nitrogens with zero attached hydrogens (tertiary/aromatic N) is 4. The number of rotatable bonds is 6. The first kappa shape index (κ1) is 14.9. The van der Waals surface area contributed by atoms with Gasteiger partial charge in [-0.2, -0.15) is 5.10 Å². The van der Waals surface area contributed by atoms with Gasteiger partial charge < -0.3 is 5.32 Å². The Hall–Kier alpha value is -3.02. The van der Waals surface area contributed by atoms with Crippen molar-refractivity contribution in [2.24, 2.45) is 0 Å². The van der Waals surface area contributed by atoms with Gasteiger partial charge >= 0.3 is 0 Å². The van der Waals surface area contributed by atoms with Gasteiger partial charge in [-0.1, -0.05) is 30.3 Å². The predicted molar refractivity (Wildman–Crippen MR) is 86.6 cm³/mol. The standard InChI is InChI=1S/C17H17N5O/c23-17(18-8-4-10-22-11-5-9-21-22)15-12-19-16(20-13-15)14-6-2-1-3-7-14/h1-3,5-7,9,11-13H,4,8,10H2,(H,18,23). The minimum absolute atomic E-state index is 0.162. The van der Waals surface area contributed by atoms with Crippen LogP contribution in [-0.4, -0.2) is 32.2 Å². The van der Waals surface area contributed by atoms with Gasteiger partial charge in [0.15, 0.2) is 5.82 Å². The fourth-order valence-corrected chi connectivity index (χ4v) is 2.16. The van der Waals surface area contributed by atoms with E-state index in [1.165, 1.54) is 0 Å². The van der Waals surface area contributed by atoms with Gasteiger partial charge in [0.1, 0.15) is 0 Å². The monoisotopic (exact) mass is 307 g/mol. The van der Waals surface area contributed by atoms with Gasteiger partial charge in [-0.3, -0.25) is 9.48 Å². The van der Waals surface area contributed by atoms with E-state index in [0.29, 0.717) is 17.9 Å². The summed E-state index contributed by atoms with van der Waals surface area (Å²) in [6, 6.07) is 11.5. The highest BCUT2D eigenvalue weighted by Gasteiger charge is 2.07. The molecule has 0 radical (unpaired) electrons. The summed E-state index contributed by atoms with van der Waals surface area (Å²) >= 11 is 0. The fourth-order valence-electron chi connectivity index (χ4n) is 2.16. The number of amides is 1. The van der Waals surface area contributed by atoms with Crippen molar-refractivity contribution in [3.63, 3.8) is 0 Å². The van der Waals surface area contributed by atoms with Crippen LogP contribution in [0.3, 0.4) is 0 Å². The van der Waals surface area contributed by atoms with E-state index in [9.17, 15) is 4.79 Å². The molecule has 6 nitrogen and oxygen atoms in total. The molecule has 0 atom stereocenters. The van der Waals surface area contributed by atoms with Crippen LogP contribution in [0.25, 0.3) is 11.4 Å². The molecule has 0 saturated heterocycles. The van der Waals surface area contributed by atoms with Crippen LogP contribution in [0.2, 0.25) is 0 Å². The topological polar surface area (TPSA) is 72.7 Å². The molecule has 0 aliphatic carbocycles. The summed E-state index contributed by atoms with van der Waals surface area (Å²) in [6.45, 7) is 1.36. The first-order valence-corrected chi connectivity index (χ1v) is 7.46. The normalized spacial score (nSPS) is 10.4. The maximum Gasteiger partial charge on any atom is 0.254 e. The van der Waals surface area contributed by atoms with E-state index in [1.54, 1.807) is 18.6 Å². The number of benzene rings is 1. The molecule has 0 aliphatic rings. The molecule has 0 spiro atoms. The van der Waals surface area contributed by atoms with E-state index in [4.69, 9.17) is 0 Å². The summed E-state index contributed by atoms with van der Waals surface area (Å²) in [6.07, 6.45) is 7.56. The highest BCUT2D eigenvalue weighted by Crippen LogP contribution is 2.13. The smallest absolute Gasteiger partial charge is 0.254 e. The summed E-state index contributed by atoms with van der Waals surface area (Å²) in [5, 5.41) is 6.97. The van der Waals surface area contributed by atoms with Crippen LogP contribution >= 0.6 is 0 Å². The molecule has 3 aromatic rings. The Kier molecular flexibility index (Phi) is 4.73. The van der Waals surface area contributed by atoms with Gasteiger partial charge in [0, 0.05) is 43.4 Å². The average Bonchev–Trinajstić information content (AvgIpc) is 3.13. The van der Waals surface area contributed by atoms with Crippen molar-refractivity contribution in [2.75, 3.05) is 6.54 Å². The summed E-state index contributed by atoms with van der Waals surface area (Å²) < 4.78 is 1.84. The second-order valence-electron chi connectivity index (χ2n) is 5.04. The highest BCUT2D eigenvalue weighted by atomic mass is 16.1. The molecule has 1 N–H and O–H groups in total. The quantitative estimate of drug-likeness (QED) is 0.708. The third-order valence-electron chi connectivity index (χ3n) is 3.35. The molecule has 0 saturated carbocycles. The zero-order chi connectivity index (χ0) is 15.9. The molecule has 1 aromatic carbocycles. The van der Waals surface area contributed by atoms with Gasteiger partial charge in [-0.25, -0.2) is 9.97 Å². The second kappa shape index (κ2) is 7.31. The number of nitrogens with one attached hydrogen (secondary N) is 1. The fraction of sp³-hybridized carbons (Fsp3) is 0.176. The van der Waals surface area contributed by atoms with Crippen molar-refractivity contribution in [3.05, 3.63) is 66.7 Å². The molecule has 1 amide bonds. The van der Waals surface area contributed by atoms with E-state index in [2.05, 4.69) is 20.4 Å². The molecular weight excluding hydrogens is 290 g/mol. The van der Waals surface area contributed by atoms with Crippen LogP contribution < -0.4 is 5.32 Å². The lowest BCUT2D eigenvalue weighted by Gasteiger charge is -2.06. The summed E-state index contributed by atoms with van der Waals surface area (Å²) in [7, 11) is 0. The Labute approximate surface area is 134 Å². The first-order valence-electron chi connectivity index (χ1n) is 7.46. The minimum Gasteiger partial charge on any atom is -0.352 e. The average molecular weight is 307 g/mol. The second-order valence-corrected chi connectivity index (χ2v) is 5.04. The maximum atomic E-state index is 12.0. The van der Waals surface area contributed by atoms with Gasteiger partial charge in [0.05, 0.1) is 5.56 Å². The van der Waals surface area contributed by atoms with Gasteiger partial charge in [-0.05, 0) is 12.5 Å². The maximum absolute atomic E-state index is 12.0. The van der Waals surface area contributed by atoms with Crippen LogP contribution in [0.5, 0.6) is 0 Å². The molecular formula is C17H17N5O. The molecule has 23 heavy (non-hydrogen) atoms. The van der Waals surface area contributed by atoms with E-state index in [0.717, 1.165) is 18.5 Å². The first-order chi connectivity index (χ1) is 11.3. The van der Waals surface area contributed by atoms with Crippen molar-refractivity contribution < 1.29 is 4.79 Å². The molecule has 0 fully saturated rings. The van der Waals surface area contributed by atoms with E-state index in [-0.39, 0.29) is 5.91 Å². The van der Waals surface area contributed by atoms with Crippen molar-refractivity contribution in [3.8, 4) is 11.4 Å². The summed E-state index contributed by atoms with van der Waals surface area (Å²) in [4.78, 5) is 20.5. The van der Waals surface area contributed by atoms with Gasteiger partial charge in [-0.15, -0.1) is 0 Å². The molecule has 3 rings (SSSR count). The van der Waals surface area contributed by atoms with Crippen molar-refractivity contribution in [2.45, 2.75) is 13.0 Å². The third kappa shape index (κ3) is 4.00. The highest BCUT2D eigenvalue weighted by molar-refractivity contribution is 5.93. The van der Waals surface area contributed by atoms with E-state index >= 15 is 0 Å². The lowest BCUT2D eigenvalue weighted by molar-refractivity contribution is 0.0952. The number of hydrogen-bond donors (Lipinski definition) is 1. The Balaban J connectivity index is 1.51. The lowest BCUT2D eigenvalue weighted by Crippen LogP contribution is -2.25. The van der Waals surface area contributed by atoms with Crippen LogP contribution in [0.4, 0.5) is 0 Å². The number of aryl methyl sites for hydroxylation is 1. The Morgan fingerprint density at radius 1 is 1.09 bits per heavy atom. The van der Waals surface area contributed by atoms with Crippen molar-refractivity contribution in [1.82, 2.24) is 25.1 Å². The van der Waals surface area contributed by atoms with E-state index < -0.39 is 0 Å². The van der Waals surface area contributed by atoms with Crippen molar-refractivity contribution in [1.29, 1.82) is 0 Å². The third-order valence-corrected chi connectivity index (χ3v) is 3.35. The Bertz CT molecular complexity index is 738. The zero-order valence-electron chi connectivity index (χ0n) is 12.6. The molecule has 6 heteroatoms. The molecule has 0 bridgehead atoms. The Morgan fingerprint density at radius 2 is 1.87 bits per heavy atom. The van der Waals surface area contributed by atoms with Crippen LogP contribution in [-0.2, 0) is 6.54 Å². The van der Waals surface area contributed by atoms with Crippen LogP contribution in [0.15, 0.2) is 61.2 Å². The number of hydrogen-bond acceptors (Lipinski definition) is 4. The molecule has 0 aliphatic heterocycles. The Morgan fingerprint density at radius 3 is 2.57 bits per heavy atom. The number of carbonyl (C=O) groups excluding carboxylic acids is 1. The molecule has 116 valence electrons. The van der Waals surface area contributed by atoms with Crippen LogP contribution in [0.1, 0.15) is 16.8 Å². The van der Waals surface area contributed by atoms with Crippen molar-refractivity contribution >= 4 is 5.91 Å². The zero-order valence-corrected chi connectivity index (χ0v) is 12.6. The minimum atomic E-state index is -0.162.